The van der Waals surface area contributed by atoms with Crippen molar-refractivity contribution in [3.05, 3.63) is 77.6 Å². The van der Waals surface area contributed by atoms with Gasteiger partial charge in [0.05, 0.1) is 5.56 Å². The summed E-state index contributed by atoms with van der Waals surface area (Å²) in [5.74, 6) is -2.80. The maximum absolute atomic E-state index is 13.8. The molecule has 0 aromatic heterocycles. The van der Waals surface area contributed by atoms with Gasteiger partial charge in [0, 0.05) is 11.3 Å². The summed E-state index contributed by atoms with van der Waals surface area (Å²) in [4.78, 5) is 11.4. The van der Waals surface area contributed by atoms with Crippen molar-refractivity contribution in [2.45, 2.75) is 18.9 Å². The van der Waals surface area contributed by atoms with Crippen LogP contribution in [-0.2, 0) is 4.79 Å². The van der Waals surface area contributed by atoms with Crippen LogP contribution in [0, 0.1) is 5.82 Å². The molecule has 0 fully saturated rings. The van der Waals surface area contributed by atoms with Crippen LogP contribution in [0.2, 0.25) is 0 Å². The van der Waals surface area contributed by atoms with Crippen LogP contribution in [0.4, 0.5) is 32.0 Å². The van der Waals surface area contributed by atoms with E-state index < -0.39 is 30.6 Å². The second kappa shape index (κ2) is 8.10. The van der Waals surface area contributed by atoms with Gasteiger partial charge in [0.25, 0.3) is 0 Å². The van der Waals surface area contributed by atoms with E-state index in [2.05, 4.69) is 4.74 Å². The highest BCUT2D eigenvalue weighted by molar-refractivity contribution is 5.95. The number of rotatable bonds is 4. The molecule has 3 aromatic rings. The second-order valence-corrected chi connectivity index (χ2v) is 6.81. The summed E-state index contributed by atoms with van der Waals surface area (Å²) in [6.45, 7) is -3.13. The molecule has 0 radical (unpaired) electrons. The van der Waals surface area contributed by atoms with E-state index in [-0.39, 0.29) is 28.3 Å². The molecular formula is C22H13F6NO3. The number of ether oxygens (including phenoxy) is 2. The Balaban J connectivity index is 1.86. The van der Waals surface area contributed by atoms with E-state index in [9.17, 15) is 31.1 Å². The predicted molar refractivity (Wildman–Crippen MR) is 102 cm³/mol. The second-order valence-electron chi connectivity index (χ2n) is 6.81. The number of hydrogen-bond donors (Lipinski definition) is 1. The minimum absolute atomic E-state index is 0.157. The Morgan fingerprint density at radius 3 is 2.47 bits per heavy atom. The fraction of sp³-hybridized carbons (Fsp3) is 0.136. The Labute approximate surface area is 177 Å². The Kier molecular flexibility index (Phi) is 5.45. The standard InChI is InChI=1S/C22H13F6NO3/c23-12-4-1-3-11(9-12)19-15-10-13(29-20(30)22(26,27)28)7-8-14(15)18-16(31-19)5-2-6-17(18)32-21(24)25/h1-10,19,21H,(H,29,30). The maximum Gasteiger partial charge on any atom is 0.471 e. The van der Waals surface area contributed by atoms with Gasteiger partial charge in [-0.05, 0) is 47.5 Å². The zero-order chi connectivity index (χ0) is 23.0. The predicted octanol–water partition coefficient (Wildman–Crippen LogP) is 6.08. The minimum atomic E-state index is -5.11. The highest BCUT2D eigenvalue weighted by Crippen LogP contribution is 2.49. The number of fused-ring (bicyclic) bond motifs is 3. The summed E-state index contributed by atoms with van der Waals surface area (Å²) in [6, 6.07) is 13.3. The molecule has 32 heavy (non-hydrogen) atoms. The van der Waals surface area contributed by atoms with Crippen molar-refractivity contribution < 1.29 is 40.6 Å². The van der Waals surface area contributed by atoms with Crippen molar-refractivity contribution in [3.63, 3.8) is 0 Å². The molecule has 0 aliphatic carbocycles. The smallest absolute Gasteiger partial charge is 0.471 e. The molecule has 0 spiro atoms. The Morgan fingerprint density at radius 2 is 1.78 bits per heavy atom. The number of benzene rings is 3. The third kappa shape index (κ3) is 4.20. The molecule has 1 aliphatic rings. The topological polar surface area (TPSA) is 47.6 Å². The van der Waals surface area contributed by atoms with E-state index in [0.29, 0.717) is 11.1 Å². The van der Waals surface area contributed by atoms with Gasteiger partial charge in [-0.1, -0.05) is 24.3 Å². The summed E-state index contributed by atoms with van der Waals surface area (Å²) in [5.41, 5.74) is 0.836. The van der Waals surface area contributed by atoms with E-state index in [1.807, 2.05) is 0 Å². The number of alkyl halides is 5. The van der Waals surface area contributed by atoms with Crippen LogP contribution >= 0.6 is 0 Å². The van der Waals surface area contributed by atoms with E-state index >= 15 is 0 Å². The van der Waals surface area contributed by atoms with Gasteiger partial charge in [0.15, 0.2) is 0 Å². The summed E-state index contributed by atoms with van der Waals surface area (Å²) in [5, 5.41) is 1.74. The minimum Gasteiger partial charge on any atom is -0.480 e. The molecule has 166 valence electrons. The van der Waals surface area contributed by atoms with Gasteiger partial charge >= 0.3 is 18.7 Å². The fourth-order valence-corrected chi connectivity index (χ4v) is 3.46. The first-order chi connectivity index (χ1) is 15.1. The monoisotopic (exact) mass is 453 g/mol. The fourth-order valence-electron chi connectivity index (χ4n) is 3.46. The van der Waals surface area contributed by atoms with E-state index in [1.54, 1.807) is 11.4 Å². The zero-order valence-electron chi connectivity index (χ0n) is 15.9. The van der Waals surface area contributed by atoms with Gasteiger partial charge < -0.3 is 14.8 Å². The van der Waals surface area contributed by atoms with Crippen molar-refractivity contribution in [3.8, 4) is 22.6 Å². The Hall–Kier alpha value is -3.69. The molecule has 1 heterocycles. The lowest BCUT2D eigenvalue weighted by Gasteiger charge is -2.30. The first kappa shape index (κ1) is 21.5. The molecule has 0 bridgehead atoms. The van der Waals surface area contributed by atoms with Crippen LogP contribution in [0.3, 0.4) is 0 Å². The molecule has 0 saturated heterocycles. The van der Waals surface area contributed by atoms with Gasteiger partial charge in [0.2, 0.25) is 0 Å². The van der Waals surface area contributed by atoms with Crippen molar-refractivity contribution >= 4 is 11.6 Å². The van der Waals surface area contributed by atoms with Gasteiger partial charge in [-0.15, -0.1) is 0 Å². The first-order valence-corrected chi connectivity index (χ1v) is 9.16. The number of carbonyl (C=O) groups excluding carboxylic acids is 1. The molecule has 1 amide bonds. The highest BCUT2D eigenvalue weighted by Gasteiger charge is 2.39. The lowest BCUT2D eigenvalue weighted by molar-refractivity contribution is -0.167. The lowest BCUT2D eigenvalue weighted by atomic mass is 9.88. The third-order valence-corrected chi connectivity index (χ3v) is 4.72. The molecule has 4 rings (SSSR count). The van der Waals surface area contributed by atoms with Crippen LogP contribution in [0.25, 0.3) is 11.1 Å². The number of hydrogen-bond acceptors (Lipinski definition) is 3. The van der Waals surface area contributed by atoms with E-state index in [0.717, 1.165) is 0 Å². The maximum atomic E-state index is 13.8. The molecule has 4 nitrogen and oxygen atoms in total. The van der Waals surface area contributed by atoms with Crippen LogP contribution in [-0.4, -0.2) is 18.7 Å². The number of halogens is 6. The summed E-state index contributed by atoms with van der Waals surface area (Å²) in [7, 11) is 0. The van der Waals surface area contributed by atoms with Gasteiger partial charge in [-0.2, -0.15) is 22.0 Å². The molecular weight excluding hydrogens is 440 g/mol. The zero-order valence-corrected chi connectivity index (χ0v) is 15.9. The molecule has 1 atom stereocenters. The van der Waals surface area contributed by atoms with Crippen molar-refractivity contribution in [2.24, 2.45) is 0 Å². The van der Waals surface area contributed by atoms with Crippen LogP contribution in [0.15, 0.2) is 60.7 Å². The molecule has 1 N–H and O–H groups in total. The van der Waals surface area contributed by atoms with Crippen LogP contribution in [0.1, 0.15) is 17.2 Å². The largest absolute Gasteiger partial charge is 0.480 e. The quantitative estimate of drug-likeness (QED) is 0.488. The number of carbonyl (C=O) groups is 1. The Morgan fingerprint density at radius 1 is 1.03 bits per heavy atom. The number of nitrogens with one attached hydrogen (secondary N) is 1. The molecule has 1 unspecified atom stereocenters. The third-order valence-electron chi connectivity index (χ3n) is 4.72. The van der Waals surface area contributed by atoms with E-state index in [4.69, 9.17) is 4.74 Å². The van der Waals surface area contributed by atoms with E-state index in [1.165, 1.54) is 54.6 Å². The van der Waals surface area contributed by atoms with Crippen molar-refractivity contribution in [2.75, 3.05) is 5.32 Å². The van der Waals surface area contributed by atoms with Crippen molar-refractivity contribution in [1.82, 2.24) is 0 Å². The molecule has 1 aliphatic heterocycles. The summed E-state index contributed by atoms with van der Waals surface area (Å²) < 4.78 is 88.2. The summed E-state index contributed by atoms with van der Waals surface area (Å²) >= 11 is 0. The van der Waals surface area contributed by atoms with Crippen LogP contribution < -0.4 is 14.8 Å². The first-order valence-electron chi connectivity index (χ1n) is 9.16. The molecule has 3 aromatic carbocycles. The SMILES string of the molecule is O=C(Nc1ccc2c(c1)C(c1cccc(F)c1)Oc1cccc(OC(F)F)c1-2)C(F)(F)F. The summed E-state index contributed by atoms with van der Waals surface area (Å²) in [6.07, 6.45) is -6.10. The molecule has 0 saturated carbocycles. The number of amides is 1. The normalized spacial score (nSPS) is 14.9. The van der Waals surface area contributed by atoms with Crippen molar-refractivity contribution in [1.29, 1.82) is 0 Å². The average Bonchev–Trinajstić information content (AvgIpc) is 2.72. The average molecular weight is 453 g/mol. The molecule has 10 heteroatoms. The highest BCUT2D eigenvalue weighted by atomic mass is 19.4. The Bertz CT molecular complexity index is 1180. The van der Waals surface area contributed by atoms with Crippen LogP contribution in [0.5, 0.6) is 11.5 Å². The van der Waals surface area contributed by atoms with Gasteiger partial charge in [-0.3, -0.25) is 4.79 Å². The van der Waals surface area contributed by atoms with Gasteiger partial charge in [0.1, 0.15) is 23.4 Å². The lowest BCUT2D eigenvalue weighted by Crippen LogP contribution is -2.30. The number of anilines is 1. The van der Waals surface area contributed by atoms with Gasteiger partial charge in [-0.25, -0.2) is 4.39 Å².